The molecule has 106 valence electrons. The Hall–Kier alpha value is -2.82. The van der Waals surface area contributed by atoms with Gasteiger partial charge < -0.3 is 15.7 Å². The fraction of sp³-hybridized carbons (Fsp3) is 0.125. The Bertz CT molecular complexity index is 698. The Morgan fingerprint density at radius 3 is 2.57 bits per heavy atom. The maximum Gasteiger partial charge on any atom is 0.337 e. The summed E-state index contributed by atoms with van der Waals surface area (Å²) >= 11 is 0. The molecule has 1 amide bonds. The number of fused-ring (bicyclic) bond motifs is 1. The standard InChI is InChI=1S/C16H14N2O3/c19-15-12(10-5-2-1-3-6-10)9-17-13-8-4-7-11(16(20)21)14(13)18-15/h1-8,12,17H,9H2,(H,18,19)(H,20,21). The van der Waals surface area contributed by atoms with Gasteiger partial charge in [-0.25, -0.2) is 4.79 Å². The smallest absolute Gasteiger partial charge is 0.337 e. The Labute approximate surface area is 121 Å². The molecule has 1 aliphatic rings. The summed E-state index contributed by atoms with van der Waals surface area (Å²) < 4.78 is 0. The molecule has 0 bridgehead atoms. The van der Waals surface area contributed by atoms with Gasteiger partial charge in [0.05, 0.1) is 22.9 Å². The molecular weight excluding hydrogens is 268 g/mol. The van der Waals surface area contributed by atoms with Crippen molar-refractivity contribution in [3.8, 4) is 0 Å². The van der Waals surface area contributed by atoms with E-state index < -0.39 is 5.97 Å². The summed E-state index contributed by atoms with van der Waals surface area (Å²) in [4.78, 5) is 23.7. The molecule has 1 aliphatic heterocycles. The van der Waals surface area contributed by atoms with E-state index in [4.69, 9.17) is 0 Å². The van der Waals surface area contributed by atoms with E-state index in [0.29, 0.717) is 17.9 Å². The third-order valence-electron chi connectivity index (χ3n) is 3.56. The minimum Gasteiger partial charge on any atom is -0.478 e. The maximum absolute atomic E-state index is 12.4. The molecule has 1 atom stereocenters. The van der Waals surface area contributed by atoms with E-state index in [1.165, 1.54) is 6.07 Å². The summed E-state index contributed by atoms with van der Waals surface area (Å²) in [5.41, 5.74) is 1.93. The monoisotopic (exact) mass is 282 g/mol. The summed E-state index contributed by atoms with van der Waals surface area (Å²) in [5.74, 6) is -1.63. The number of hydrogen-bond acceptors (Lipinski definition) is 3. The number of benzene rings is 2. The van der Waals surface area contributed by atoms with Crippen molar-refractivity contribution < 1.29 is 14.7 Å². The lowest BCUT2D eigenvalue weighted by atomic mass is 9.98. The zero-order valence-electron chi connectivity index (χ0n) is 11.2. The van der Waals surface area contributed by atoms with Crippen molar-refractivity contribution >= 4 is 23.3 Å². The van der Waals surface area contributed by atoms with E-state index >= 15 is 0 Å². The Morgan fingerprint density at radius 2 is 1.86 bits per heavy atom. The molecule has 3 N–H and O–H groups in total. The molecule has 0 aliphatic carbocycles. The van der Waals surface area contributed by atoms with Gasteiger partial charge >= 0.3 is 5.97 Å². The zero-order chi connectivity index (χ0) is 14.8. The normalized spacial score (nSPS) is 17.1. The highest BCUT2D eigenvalue weighted by atomic mass is 16.4. The van der Waals surface area contributed by atoms with Crippen molar-refractivity contribution in [1.82, 2.24) is 0 Å². The summed E-state index contributed by atoms with van der Waals surface area (Å²) in [6, 6.07) is 14.3. The first-order chi connectivity index (χ1) is 10.2. The van der Waals surface area contributed by atoms with E-state index in [1.54, 1.807) is 12.1 Å². The number of carboxylic acid groups (broad SMARTS) is 1. The number of hydrogen-bond donors (Lipinski definition) is 3. The maximum atomic E-state index is 12.4. The number of para-hydroxylation sites is 1. The van der Waals surface area contributed by atoms with E-state index in [0.717, 1.165) is 5.56 Å². The molecule has 1 heterocycles. The average Bonchev–Trinajstić information content (AvgIpc) is 2.66. The minimum absolute atomic E-state index is 0.0852. The van der Waals surface area contributed by atoms with Crippen LogP contribution in [0.4, 0.5) is 11.4 Å². The Kier molecular flexibility index (Phi) is 3.31. The van der Waals surface area contributed by atoms with Gasteiger partial charge in [-0.15, -0.1) is 0 Å². The molecule has 0 saturated carbocycles. The van der Waals surface area contributed by atoms with Crippen LogP contribution < -0.4 is 10.6 Å². The number of carboxylic acids is 1. The first-order valence-electron chi connectivity index (χ1n) is 6.63. The third kappa shape index (κ3) is 2.45. The van der Waals surface area contributed by atoms with Crippen LogP contribution in [0.5, 0.6) is 0 Å². The number of rotatable bonds is 2. The highest BCUT2D eigenvalue weighted by molar-refractivity contribution is 6.07. The summed E-state index contributed by atoms with van der Waals surface area (Å²) in [6.07, 6.45) is 0. The lowest BCUT2D eigenvalue weighted by Crippen LogP contribution is -2.24. The molecule has 0 spiro atoms. The molecular formula is C16H14N2O3. The van der Waals surface area contributed by atoms with Gasteiger partial charge in [0, 0.05) is 6.54 Å². The van der Waals surface area contributed by atoms with Crippen LogP contribution in [-0.4, -0.2) is 23.5 Å². The number of amides is 1. The minimum atomic E-state index is -1.06. The Balaban J connectivity index is 1.98. The molecule has 0 aromatic heterocycles. The van der Waals surface area contributed by atoms with Crippen molar-refractivity contribution in [3.05, 3.63) is 59.7 Å². The molecule has 0 radical (unpaired) electrons. The second-order valence-electron chi connectivity index (χ2n) is 4.87. The molecule has 1 unspecified atom stereocenters. The van der Waals surface area contributed by atoms with Gasteiger partial charge in [0.1, 0.15) is 0 Å². The quantitative estimate of drug-likeness (QED) is 0.791. The van der Waals surface area contributed by atoms with Crippen LogP contribution >= 0.6 is 0 Å². The van der Waals surface area contributed by atoms with Crippen molar-refractivity contribution in [2.24, 2.45) is 0 Å². The summed E-state index contributed by atoms with van der Waals surface area (Å²) in [6.45, 7) is 0.423. The zero-order valence-corrected chi connectivity index (χ0v) is 11.2. The van der Waals surface area contributed by atoms with Gasteiger partial charge in [0.25, 0.3) is 0 Å². The van der Waals surface area contributed by atoms with Gasteiger partial charge in [0.15, 0.2) is 0 Å². The van der Waals surface area contributed by atoms with Gasteiger partial charge in [-0.1, -0.05) is 36.4 Å². The molecule has 21 heavy (non-hydrogen) atoms. The first-order valence-corrected chi connectivity index (χ1v) is 6.63. The second-order valence-corrected chi connectivity index (χ2v) is 4.87. The van der Waals surface area contributed by atoms with E-state index in [1.807, 2.05) is 30.3 Å². The first kappa shape index (κ1) is 13.2. The van der Waals surface area contributed by atoms with Crippen LogP contribution in [0.25, 0.3) is 0 Å². The fourth-order valence-corrected chi connectivity index (χ4v) is 2.48. The number of aromatic carboxylic acids is 1. The molecule has 0 fully saturated rings. The molecule has 2 aromatic carbocycles. The van der Waals surface area contributed by atoms with Crippen molar-refractivity contribution in [1.29, 1.82) is 0 Å². The fourth-order valence-electron chi connectivity index (χ4n) is 2.48. The predicted octanol–water partition coefficient (Wildman–Crippen LogP) is 2.53. The van der Waals surface area contributed by atoms with Gasteiger partial charge in [-0.2, -0.15) is 0 Å². The average molecular weight is 282 g/mol. The van der Waals surface area contributed by atoms with Crippen LogP contribution in [-0.2, 0) is 4.79 Å². The molecule has 3 rings (SSSR count). The van der Waals surface area contributed by atoms with Crippen LogP contribution in [0.3, 0.4) is 0 Å². The SMILES string of the molecule is O=C(O)c1cccc2c1NC(=O)C(c1ccccc1)CN2. The van der Waals surface area contributed by atoms with Gasteiger partial charge in [-0.05, 0) is 17.7 Å². The third-order valence-corrected chi connectivity index (χ3v) is 3.56. The molecule has 2 aromatic rings. The van der Waals surface area contributed by atoms with Crippen molar-refractivity contribution in [2.75, 3.05) is 17.2 Å². The van der Waals surface area contributed by atoms with Crippen LogP contribution in [0, 0.1) is 0 Å². The molecule has 0 saturated heterocycles. The number of carbonyl (C=O) groups excluding carboxylic acids is 1. The topological polar surface area (TPSA) is 78.4 Å². The lowest BCUT2D eigenvalue weighted by molar-refractivity contribution is -0.117. The van der Waals surface area contributed by atoms with Gasteiger partial charge in [-0.3, -0.25) is 4.79 Å². The van der Waals surface area contributed by atoms with E-state index in [9.17, 15) is 14.7 Å². The molecule has 5 nitrogen and oxygen atoms in total. The van der Waals surface area contributed by atoms with Crippen LogP contribution in [0.15, 0.2) is 48.5 Å². The van der Waals surface area contributed by atoms with E-state index in [2.05, 4.69) is 10.6 Å². The number of anilines is 2. The van der Waals surface area contributed by atoms with Crippen molar-refractivity contribution in [3.63, 3.8) is 0 Å². The lowest BCUT2D eigenvalue weighted by Gasteiger charge is -2.13. The second kappa shape index (κ2) is 5.28. The summed E-state index contributed by atoms with van der Waals surface area (Å²) in [7, 11) is 0. The number of carbonyl (C=O) groups is 2. The van der Waals surface area contributed by atoms with E-state index in [-0.39, 0.29) is 17.4 Å². The highest BCUT2D eigenvalue weighted by Crippen LogP contribution is 2.31. The largest absolute Gasteiger partial charge is 0.478 e. The van der Waals surface area contributed by atoms with Gasteiger partial charge in [0.2, 0.25) is 5.91 Å². The highest BCUT2D eigenvalue weighted by Gasteiger charge is 2.27. The number of nitrogens with one attached hydrogen (secondary N) is 2. The van der Waals surface area contributed by atoms with Crippen LogP contribution in [0.1, 0.15) is 21.8 Å². The van der Waals surface area contributed by atoms with Crippen molar-refractivity contribution in [2.45, 2.75) is 5.92 Å². The van der Waals surface area contributed by atoms with Crippen LogP contribution in [0.2, 0.25) is 0 Å². The molecule has 5 heteroatoms. The summed E-state index contributed by atoms with van der Waals surface area (Å²) in [5, 5.41) is 15.1. The Morgan fingerprint density at radius 1 is 1.10 bits per heavy atom. The predicted molar refractivity (Wildman–Crippen MR) is 79.7 cm³/mol.